The molecule has 0 saturated heterocycles. The summed E-state index contributed by atoms with van der Waals surface area (Å²) in [7, 11) is 0. The van der Waals surface area contributed by atoms with Crippen LogP contribution in [0.5, 0.6) is 0 Å². The van der Waals surface area contributed by atoms with Gasteiger partial charge in [-0.25, -0.2) is 0 Å². The van der Waals surface area contributed by atoms with Crippen LogP contribution in [0.15, 0.2) is 18.2 Å². The van der Waals surface area contributed by atoms with E-state index in [2.05, 4.69) is 17.9 Å². The molecule has 1 amide bonds. The molecule has 0 unspecified atom stereocenters. The number of nitrogens with zero attached hydrogens (tertiary/aromatic N) is 1. The topological polar surface area (TPSA) is 46.3 Å². The Morgan fingerprint density at radius 2 is 2.31 bits per heavy atom. The quantitative estimate of drug-likeness (QED) is 0.520. The zero-order valence-electron chi connectivity index (χ0n) is 9.29. The Kier molecular flexibility index (Phi) is 2.82. The number of benzene rings is 1. The van der Waals surface area contributed by atoms with Crippen LogP contribution in [0.4, 0.5) is 5.69 Å². The number of hydrogen-bond donors (Lipinski definition) is 1. The molecule has 0 atom stereocenters. The molecule has 0 saturated carbocycles. The number of hydrogen-bond acceptors (Lipinski definition) is 2. The molecule has 2 rings (SSSR count). The molecule has 1 aromatic carbocycles. The van der Waals surface area contributed by atoms with Crippen molar-refractivity contribution < 1.29 is 4.79 Å². The van der Waals surface area contributed by atoms with Crippen molar-refractivity contribution in [2.45, 2.75) is 19.9 Å². The van der Waals surface area contributed by atoms with Gasteiger partial charge in [-0.3, -0.25) is 4.79 Å². The van der Waals surface area contributed by atoms with Gasteiger partial charge in [-0.1, -0.05) is 18.1 Å². The van der Waals surface area contributed by atoms with Crippen LogP contribution < -0.4 is 5.73 Å². The first kappa shape index (κ1) is 10.6. The van der Waals surface area contributed by atoms with E-state index in [1.807, 2.05) is 12.1 Å². The Hall–Kier alpha value is -1.95. The number of anilines is 1. The van der Waals surface area contributed by atoms with Crippen LogP contribution in [0.1, 0.15) is 18.1 Å². The van der Waals surface area contributed by atoms with Crippen LogP contribution in [-0.2, 0) is 17.8 Å². The molecular formula is C13H14N2O. The molecule has 0 fully saturated rings. The summed E-state index contributed by atoms with van der Waals surface area (Å²) in [5.74, 6) is 5.08. The summed E-state index contributed by atoms with van der Waals surface area (Å²) in [6.07, 6.45) is 0.859. The molecule has 0 bridgehead atoms. The lowest BCUT2D eigenvalue weighted by molar-refractivity contribution is -0.125. The van der Waals surface area contributed by atoms with E-state index >= 15 is 0 Å². The third-order valence-electron chi connectivity index (χ3n) is 2.83. The molecule has 16 heavy (non-hydrogen) atoms. The number of carbonyl (C=O) groups is 1. The number of nitrogens with two attached hydrogens (primary N) is 1. The standard InChI is InChI=1S/C13H14N2O/c1-2-4-13(16)15-8-7-10-5-3-6-12(14)11(10)9-15/h3,5-6H,7-9,14H2,1H3. The minimum absolute atomic E-state index is 0.114. The SMILES string of the molecule is CC#CC(=O)N1CCc2cccc(N)c2C1. The molecule has 1 aliphatic heterocycles. The Bertz CT molecular complexity index is 482. The van der Waals surface area contributed by atoms with Gasteiger partial charge >= 0.3 is 0 Å². The smallest absolute Gasteiger partial charge is 0.298 e. The number of nitrogen functional groups attached to an aromatic ring is 1. The van der Waals surface area contributed by atoms with E-state index in [1.165, 1.54) is 5.56 Å². The minimum atomic E-state index is -0.114. The zero-order valence-corrected chi connectivity index (χ0v) is 9.29. The molecule has 82 valence electrons. The van der Waals surface area contributed by atoms with Gasteiger partial charge in [0.25, 0.3) is 5.91 Å². The van der Waals surface area contributed by atoms with Crippen LogP contribution in [-0.4, -0.2) is 17.4 Å². The van der Waals surface area contributed by atoms with Crippen molar-refractivity contribution in [1.29, 1.82) is 0 Å². The highest BCUT2D eigenvalue weighted by molar-refractivity contribution is 5.93. The number of carbonyl (C=O) groups excluding carboxylic acids is 1. The van der Waals surface area contributed by atoms with E-state index in [1.54, 1.807) is 11.8 Å². The summed E-state index contributed by atoms with van der Waals surface area (Å²) in [5, 5.41) is 0. The molecule has 1 aromatic rings. The lowest BCUT2D eigenvalue weighted by Crippen LogP contribution is -2.35. The van der Waals surface area contributed by atoms with Crippen molar-refractivity contribution in [2.75, 3.05) is 12.3 Å². The van der Waals surface area contributed by atoms with Crippen molar-refractivity contribution in [3.8, 4) is 11.8 Å². The molecule has 2 N–H and O–H groups in total. The molecule has 0 aromatic heterocycles. The maximum Gasteiger partial charge on any atom is 0.298 e. The van der Waals surface area contributed by atoms with Gasteiger partial charge in [-0.2, -0.15) is 0 Å². The van der Waals surface area contributed by atoms with Gasteiger partial charge in [0.15, 0.2) is 0 Å². The lowest BCUT2D eigenvalue weighted by Gasteiger charge is -2.28. The lowest BCUT2D eigenvalue weighted by atomic mass is 9.98. The molecule has 1 aliphatic rings. The highest BCUT2D eigenvalue weighted by atomic mass is 16.2. The summed E-state index contributed by atoms with van der Waals surface area (Å²) in [6, 6.07) is 5.90. The van der Waals surface area contributed by atoms with E-state index in [4.69, 9.17) is 5.73 Å². The van der Waals surface area contributed by atoms with Crippen molar-refractivity contribution in [1.82, 2.24) is 4.90 Å². The third kappa shape index (κ3) is 1.87. The van der Waals surface area contributed by atoms with Crippen LogP contribution in [0.2, 0.25) is 0 Å². The van der Waals surface area contributed by atoms with Gasteiger partial charge in [0.05, 0.1) is 0 Å². The van der Waals surface area contributed by atoms with Crippen molar-refractivity contribution >= 4 is 11.6 Å². The molecule has 0 radical (unpaired) electrons. The van der Waals surface area contributed by atoms with Gasteiger partial charge in [0, 0.05) is 18.8 Å². The highest BCUT2D eigenvalue weighted by Gasteiger charge is 2.20. The maximum absolute atomic E-state index is 11.6. The summed E-state index contributed by atoms with van der Waals surface area (Å²) in [5.41, 5.74) is 8.98. The van der Waals surface area contributed by atoms with Crippen molar-refractivity contribution in [2.24, 2.45) is 0 Å². The first-order valence-corrected chi connectivity index (χ1v) is 5.30. The van der Waals surface area contributed by atoms with Gasteiger partial charge in [-0.05, 0) is 36.5 Å². The number of rotatable bonds is 0. The van der Waals surface area contributed by atoms with Gasteiger partial charge < -0.3 is 10.6 Å². The summed E-state index contributed by atoms with van der Waals surface area (Å²) >= 11 is 0. The van der Waals surface area contributed by atoms with Crippen LogP contribution in [0.25, 0.3) is 0 Å². The maximum atomic E-state index is 11.6. The molecule has 0 spiro atoms. The van der Waals surface area contributed by atoms with E-state index in [0.717, 1.165) is 24.2 Å². The average Bonchev–Trinajstić information content (AvgIpc) is 2.29. The minimum Gasteiger partial charge on any atom is -0.398 e. The van der Waals surface area contributed by atoms with Crippen molar-refractivity contribution in [3.05, 3.63) is 29.3 Å². The van der Waals surface area contributed by atoms with Crippen molar-refractivity contribution in [3.63, 3.8) is 0 Å². The Balaban J connectivity index is 2.25. The monoisotopic (exact) mass is 214 g/mol. The predicted molar refractivity (Wildman–Crippen MR) is 63.4 cm³/mol. The fourth-order valence-electron chi connectivity index (χ4n) is 1.97. The summed E-state index contributed by atoms with van der Waals surface area (Å²) < 4.78 is 0. The molecule has 1 heterocycles. The predicted octanol–water partition coefficient (Wildman–Crippen LogP) is 1.18. The van der Waals surface area contributed by atoms with Gasteiger partial charge in [-0.15, -0.1) is 0 Å². The van der Waals surface area contributed by atoms with E-state index in [-0.39, 0.29) is 5.91 Å². The Morgan fingerprint density at radius 3 is 3.06 bits per heavy atom. The highest BCUT2D eigenvalue weighted by Crippen LogP contribution is 2.23. The van der Waals surface area contributed by atoms with Crippen LogP contribution in [0, 0.1) is 11.8 Å². The first-order chi connectivity index (χ1) is 7.72. The van der Waals surface area contributed by atoms with E-state index < -0.39 is 0 Å². The molecule has 0 aliphatic carbocycles. The average molecular weight is 214 g/mol. The fourth-order valence-corrected chi connectivity index (χ4v) is 1.97. The molecular weight excluding hydrogens is 200 g/mol. The second kappa shape index (κ2) is 4.28. The fraction of sp³-hybridized carbons (Fsp3) is 0.308. The van der Waals surface area contributed by atoms with E-state index in [0.29, 0.717) is 6.54 Å². The number of amides is 1. The normalized spacial score (nSPS) is 13.7. The Labute approximate surface area is 95.2 Å². The largest absolute Gasteiger partial charge is 0.398 e. The number of fused-ring (bicyclic) bond motifs is 1. The van der Waals surface area contributed by atoms with E-state index in [9.17, 15) is 4.79 Å². The van der Waals surface area contributed by atoms with Gasteiger partial charge in [0.2, 0.25) is 0 Å². The van der Waals surface area contributed by atoms with Crippen LogP contribution >= 0.6 is 0 Å². The van der Waals surface area contributed by atoms with Gasteiger partial charge in [0.1, 0.15) is 0 Å². The molecule has 3 nitrogen and oxygen atoms in total. The zero-order chi connectivity index (χ0) is 11.5. The summed E-state index contributed by atoms with van der Waals surface area (Å²) in [4.78, 5) is 13.4. The second-order valence-corrected chi connectivity index (χ2v) is 3.84. The second-order valence-electron chi connectivity index (χ2n) is 3.84. The Morgan fingerprint density at radius 1 is 1.50 bits per heavy atom. The third-order valence-corrected chi connectivity index (χ3v) is 2.83. The summed E-state index contributed by atoms with van der Waals surface area (Å²) in [6.45, 7) is 2.98. The first-order valence-electron chi connectivity index (χ1n) is 5.30. The molecule has 3 heteroatoms. The van der Waals surface area contributed by atoms with Crippen LogP contribution in [0.3, 0.4) is 0 Å².